The van der Waals surface area contributed by atoms with E-state index in [0.29, 0.717) is 28.0 Å². The summed E-state index contributed by atoms with van der Waals surface area (Å²) in [7, 11) is 0. The summed E-state index contributed by atoms with van der Waals surface area (Å²) >= 11 is 1.47. The van der Waals surface area contributed by atoms with E-state index < -0.39 is 16.8 Å². The molecule has 0 spiro atoms. The standard InChI is InChI=1S/C25H22FN5O3S/c1-16-4-3-5-18(14-16)15-35-25-29-28-23(30(25)21-10-12-22(13-11-21)31(33)34)17(2)27-24(32)19-6-8-20(26)9-7-19/h3-14,17H,15H2,1-2H3,(H,27,32). The quantitative estimate of drug-likeness (QED) is 0.201. The van der Waals surface area contributed by atoms with Crippen molar-refractivity contribution in [1.82, 2.24) is 20.1 Å². The van der Waals surface area contributed by atoms with Gasteiger partial charge in [-0.3, -0.25) is 19.5 Å². The van der Waals surface area contributed by atoms with Crippen molar-refractivity contribution in [2.24, 2.45) is 0 Å². The topological polar surface area (TPSA) is 103 Å². The van der Waals surface area contributed by atoms with Crippen LogP contribution in [0.25, 0.3) is 5.69 Å². The van der Waals surface area contributed by atoms with Crippen LogP contribution in [0.3, 0.4) is 0 Å². The number of halogens is 1. The lowest BCUT2D eigenvalue weighted by Gasteiger charge is -2.16. The van der Waals surface area contributed by atoms with E-state index >= 15 is 0 Å². The molecule has 1 N–H and O–H groups in total. The number of hydrogen-bond acceptors (Lipinski definition) is 6. The largest absolute Gasteiger partial charge is 0.342 e. The molecule has 0 radical (unpaired) electrons. The number of nitrogens with zero attached hydrogens (tertiary/aromatic N) is 4. The number of aryl methyl sites for hydroxylation is 1. The van der Waals surface area contributed by atoms with Crippen molar-refractivity contribution in [2.45, 2.75) is 30.8 Å². The minimum Gasteiger partial charge on any atom is -0.342 e. The van der Waals surface area contributed by atoms with E-state index in [4.69, 9.17) is 0 Å². The third kappa shape index (κ3) is 5.72. The van der Waals surface area contributed by atoms with Gasteiger partial charge in [-0.15, -0.1) is 10.2 Å². The fourth-order valence-electron chi connectivity index (χ4n) is 3.52. The number of nitro groups is 1. The van der Waals surface area contributed by atoms with Crippen LogP contribution in [-0.2, 0) is 5.75 Å². The fraction of sp³-hybridized carbons (Fsp3) is 0.160. The molecule has 4 rings (SSSR count). The number of carbonyl (C=O) groups is 1. The first kappa shape index (κ1) is 24.1. The molecule has 0 aliphatic carbocycles. The highest BCUT2D eigenvalue weighted by Gasteiger charge is 2.22. The average Bonchev–Trinajstić information content (AvgIpc) is 3.27. The molecule has 10 heteroatoms. The summed E-state index contributed by atoms with van der Waals surface area (Å²) in [4.78, 5) is 23.3. The van der Waals surface area contributed by atoms with Gasteiger partial charge in [0.05, 0.1) is 11.0 Å². The predicted octanol–water partition coefficient (Wildman–Crippen LogP) is 5.41. The van der Waals surface area contributed by atoms with E-state index in [2.05, 4.69) is 21.6 Å². The van der Waals surface area contributed by atoms with Crippen molar-refractivity contribution in [3.05, 3.63) is 111 Å². The van der Waals surface area contributed by atoms with Crippen molar-refractivity contribution in [3.8, 4) is 5.69 Å². The first-order chi connectivity index (χ1) is 16.8. The molecule has 8 nitrogen and oxygen atoms in total. The number of benzene rings is 3. The summed E-state index contributed by atoms with van der Waals surface area (Å²) in [6.07, 6.45) is 0. The molecule has 1 heterocycles. The lowest BCUT2D eigenvalue weighted by molar-refractivity contribution is -0.384. The van der Waals surface area contributed by atoms with Gasteiger partial charge in [0.1, 0.15) is 5.82 Å². The minimum atomic E-state index is -0.552. The Morgan fingerprint density at radius 1 is 1.11 bits per heavy atom. The summed E-state index contributed by atoms with van der Waals surface area (Å²) in [5.74, 6) is 0.289. The Balaban J connectivity index is 1.64. The molecule has 0 aliphatic heterocycles. The maximum absolute atomic E-state index is 13.2. The third-order valence-corrected chi connectivity index (χ3v) is 6.27. The van der Waals surface area contributed by atoms with Crippen LogP contribution < -0.4 is 5.32 Å². The number of rotatable bonds is 8. The molecule has 1 amide bonds. The Labute approximate surface area is 205 Å². The predicted molar refractivity (Wildman–Crippen MR) is 131 cm³/mol. The maximum atomic E-state index is 13.2. The Bertz CT molecular complexity index is 1360. The molecule has 0 bridgehead atoms. The smallest absolute Gasteiger partial charge is 0.269 e. The monoisotopic (exact) mass is 491 g/mol. The van der Waals surface area contributed by atoms with Gasteiger partial charge in [-0.25, -0.2) is 4.39 Å². The number of nitro benzene ring substituents is 1. The summed E-state index contributed by atoms with van der Waals surface area (Å²) in [5, 5.41) is 23.2. The van der Waals surface area contributed by atoms with E-state index in [9.17, 15) is 19.3 Å². The van der Waals surface area contributed by atoms with E-state index in [-0.39, 0.29) is 11.6 Å². The van der Waals surface area contributed by atoms with Gasteiger partial charge in [0.25, 0.3) is 11.6 Å². The minimum absolute atomic E-state index is 0.0324. The van der Waals surface area contributed by atoms with Crippen LogP contribution in [0.1, 0.15) is 40.3 Å². The van der Waals surface area contributed by atoms with Crippen LogP contribution in [0.2, 0.25) is 0 Å². The van der Waals surface area contributed by atoms with Crippen molar-refractivity contribution >= 4 is 23.4 Å². The van der Waals surface area contributed by atoms with Gasteiger partial charge in [0.2, 0.25) is 0 Å². The van der Waals surface area contributed by atoms with E-state index in [1.807, 2.05) is 25.1 Å². The zero-order valence-electron chi connectivity index (χ0n) is 19.0. The highest BCUT2D eigenvalue weighted by atomic mass is 32.2. The van der Waals surface area contributed by atoms with Crippen LogP contribution in [0.15, 0.2) is 78.0 Å². The molecular formula is C25H22FN5O3S. The molecule has 178 valence electrons. The average molecular weight is 492 g/mol. The molecule has 4 aromatic rings. The molecule has 1 unspecified atom stereocenters. The molecule has 35 heavy (non-hydrogen) atoms. The molecule has 3 aromatic carbocycles. The van der Waals surface area contributed by atoms with Gasteiger partial charge < -0.3 is 5.32 Å². The second-order valence-corrected chi connectivity index (χ2v) is 8.87. The van der Waals surface area contributed by atoms with Gasteiger partial charge in [-0.05, 0) is 55.8 Å². The summed E-state index contributed by atoms with van der Waals surface area (Å²) in [6.45, 7) is 3.79. The molecule has 0 saturated carbocycles. The Morgan fingerprint density at radius 3 is 2.49 bits per heavy atom. The van der Waals surface area contributed by atoms with Crippen molar-refractivity contribution in [3.63, 3.8) is 0 Å². The number of hydrogen-bond donors (Lipinski definition) is 1. The van der Waals surface area contributed by atoms with Gasteiger partial charge in [0, 0.05) is 29.1 Å². The summed E-state index contributed by atoms with van der Waals surface area (Å²) < 4.78 is 15.0. The number of nitrogens with one attached hydrogen (secondary N) is 1. The number of thioether (sulfide) groups is 1. The van der Waals surface area contributed by atoms with Crippen molar-refractivity contribution in [1.29, 1.82) is 0 Å². The second kappa shape index (κ2) is 10.5. The van der Waals surface area contributed by atoms with E-state index in [0.717, 1.165) is 11.1 Å². The van der Waals surface area contributed by atoms with Crippen molar-refractivity contribution < 1.29 is 14.1 Å². The second-order valence-electron chi connectivity index (χ2n) is 7.93. The molecule has 0 saturated heterocycles. The van der Waals surface area contributed by atoms with Gasteiger partial charge in [-0.1, -0.05) is 41.6 Å². The Morgan fingerprint density at radius 2 is 1.83 bits per heavy atom. The maximum Gasteiger partial charge on any atom is 0.269 e. The fourth-order valence-corrected chi connectivity index (χ4v) is 4.42. The number of amides is 1. The molecular weight excluding hydrogens is 469 g/mol. The highest BCUT2D eigenvalue weighted by molar-refractivity contribution is 7.98. The van der Waals surface area contributed by atoms with Crippen LogP contribution >= 0.6 is 11.8 Å². The van der Waals surface area contributed by atoms with Crippen LogP contribution in [0, 0.1) is 22.9 Å². The van der Waals surface area contributed by atoms with Crippen LogP contribution in [0.4, 0.5) is 10.1 Å². The molecule has 0 fully saturated rings. The zero-order valence-corrected chi connectivity index (χ0v) is 19.8. The van der Waals surface area contributed by atoms with Gasteiger partial charge in [0.15, 0.2) is 11.0 Å². The van der Waals surface area contributed by atoms with Crippen LogP contribution in [-0.4, -0.2) is 25.6 Å². The Hall–Kier alpha value is -4.05. The summed E-state index contributed by atoms with van der Waals surface area (Å²) in [5.41, 5.74) is 3.18. The first-order valence-electron chi connectivity index (χ1n) is 10.8. The first-order valence-corrected chi connectivity index (χ1v) is 11.8. The SMILES string of the molecule is Cc1cccc(CSc2nnc(C(C)NC(=O)c3ccc(F)cc3)n2-c2ccc([N+](=O)[O-])cc2)c1. The third-order valence-electron chi connectivity index (χ3n) is 5.27. The Kier molecular flexibility index (Phi) is 7.21. The number of aromatic nitrogens is 3. The molecule has 1 atom stereocenters. The van der Waals surface area contributed by atoms with Gasteiger partial charge in [-0.2, -0.15) is 0 Å². The van der Waals surface area contributed by atoms with Crippen molar-refractivity contribution in [2.75, 3.05) is 0 Å². The van der Waals surface area contributed by atoms with Crippen LogP contribution in [0.5, 0.6) is 0 Å². The normalized spacial score (nSPS) is 11.7. The summed E-state index contributed by atoms with van der Waals surface area (Å²) in [6, 6.07) is 18.9. The lowest BCUT2D eigenvalue weighted by atomic mass is 10.2. The highest BCUT2D eigenvalue weighted by Crippen LogP contribution is 2.29. The number of carbonyl (C=O) groups excluding carboxylic acids is 1. The van der Waals surface area contributed by atoms with E-state index in [1.165, 1.54) is 48.2 Å². The number of non-ortho nitro benzene ring substituents is 1. The van der Waals surface area contributed by atoms with E-state index in [1.54, 1.807) is 23.6 Å². The van der Waals surface area contributed by atoms with Gasteiger partial charge >= 0.3 is 0 Å². The molecule has 1 aromatic heterocycles. The lowest BCUT2D eigenvalue weighted by Crippen LogP contribution is -2.28. The molecule has 0 aliphatic rings. The zero-order chi connectivity index (χ0) is 24.9.